The number of nitrogens with zero attached hydrogens (tertiary/aromatic N) is 1. The van der Waals surface area contributed by atoms with Crippen LogP contribution in [0, 0.1) is 28.6 Å². The lowest BCUT2D eigenvalue weighted by Crippen LogP contribution is -2.62. The maximum Gasteiger partial charge on any atom is 0.315 e. The van der Waals surface area contributed by atoms with Crippen molar-refractivity contribution in [2.24, 2.45) is 34.3 Å². The molecular formula is C34H53N5O7S. The number of amides is 5. The van der Waals surface area contributed by atoms with Crippen molar-refractivity contribution in [2.45, 2.75) is 110 Å². The van der Waals surface area contributed by atoms with Gasteiger partial charge in [-0.05, 0) is 53.6 Å². The van der Waals surface area contributed by atoms with Gasteiger partial charge in [-0.15, -0.1) is 0 Å². The van der Waals surface area contributed by atoms with Gasteiger partial charge in [-0.2, -0.15) is 0 Å². The molecule has 2 aliphatic rings. The SMILES string of the molecule is CC(C)C(CS(=O)(=O)c1ccccc1)NC(=O)N[C@H](C(=O)N1CCC(C(C)(C)C)[C@H]1C(=O)NC(CC1CC1)C(=O)C(N)=O)C(C)(C)C. The minimum absolute atomic E-state index is 0.152. The molecule has 5 amide bonds. The number of Topliss-reactive ketones (excluding diaryl/α,β-unsaturated/α-hetero) is 1. The highest BCUT2D eigenvalue weighted by Gasteiger charge is 2.50. The van der Waals surface area contributed by atoms with E-state index in [9.17, 15) is 32.4 Å². The van der Waals surface area contributed by atoms with Gasteiger partial charge in [-0.1, -0.05) is 86.4 Å². The average molecular weight is 676 g/mol. The van der Waals surface area contributed by atoms with Crippen LogP contribution in [-0.2, 0) is 29.0 Å². The Labute approximate surface area is 279 Å². The number of hydrogen-bond donors (Lipinski definition) is 4. The van der Waals surface area contributed by atoms with E-state index in [2.05, 4.69) is 16.0 Å². The van der Waals surface area contributed by atoms with Gasteiger partial charge >= 0.3 is 6.03 Å². The smallest absolute Gasteiger partial charge is 0.315 e. The van der Waals surface area contributed by atoms with Gasteiger partial charge in [0.15, 0.2) is 9.84 Å². The van der Waals surface area contributed by atoms with Gasteiger partial charge in [-0.3, -0.25) is 19.2 Å². The third-order valence-electron chi connectivity index (χ3n) is 9.21. The molecule has 1 saturated heterocycles. The van der Waals surface area contributed by atoms with Gasteiger partial charge in [0, 0.05) is 12.6 Å². The van der Waals surface area contributed by atoms with Crippen molar-refractivity contribution in [2.75, 3.05) is 12.3 Å². The molecule has 1 aliphatic heterocycles. The topological polar surface area (TPSA) is 185 Å². The first-order valence-corrected chi connectivity index (χ1v) is 18.1. The van der Waals surface area contributed by atoms with Crippen LogP contribution in [0.2, 0.25) is 0 Å². The van der Waals surface area contributed by atoms with E-state index in [-0.39, 0.29) is 34.9 Å². The van der Waals surface area contributed by atoms with E-state index >= 15 is 0 Å². The molecule has 1 saturated carbocycles. The molecule has 0 bridgehead atoms. The van der Waals surface area contributed by atoms with E-state index in [0.29, 0.717) is 12.8 Å². The molecule has 0 aromatic heterocycles. The fraction of sp³-hybridized carbons (Fsp3) is 0.676. The number of rotatable bonds is 13. The van der Waals surface area contributed by atoms with Gasteiger partial charge in [0.05, 0.1) is 16.7 Å². The largest absolute Gasteiger partial charge is 0.363 e. The van der Waals surface area contributed by atoms with Crippen molar-refractivity contribution >= 4 is 39.4 Å². The first-order chi connectivity index (χ1) is 21.6. The summed E-state index contributed by atoms with van der Waals surface area (Å²) in [6.45, 7) is 15.2. The molecule has 1 heterocycles. The Bertz CT molecular complexity index is 1430. The second kappa shape index (κ2) is 14.7. The third-order valence-corrected chi connectivity index (χ3v) is 11.0. The zero-order chi connectivity index (χ0) is 35.5. The molecule has 1 aromatic rings. The van der Waals surface area contributed by atoms with Crippen LogP contribution in [0.4, 0.5) is 4.79 Å². The highest BCUT2D eigenvalue weighted by Crippen LogP contribution is 2.40. The van der Waals surface area contributed by atoms with Crippen molar-refractivity contribution in [1.82, 2.24) is 20.9 Å². The normalized spacial score (nSPS) is 20.7. The lowest BCUT2D eigenvalue weighted by Gasteiger charge is -2.39. The standard InChI is InChI=1S/C34H53N5O7S/c1-20(2)25(19-47(45,46)22-12-10-9-11-13-22)37-32(44)38-28(34(6,7)8)31(43)39-17-16-23(33(3,4)5)26(39)30(42)36-24(18-21-14-15-21)27(40)29(35)41/h9-13,20-21,23-26,28H,14-19H2,1-8H3,(H2,35,41)(H,36,42)(H2,37,38,44)/t23?,24?,25?,26-,28+/m0/s1. The number of benzene rings is 1. The fourth-order valence-electron chi connectivity index (χ4n) is 6.13. The highest BCUT2D eigenvalue weighted by atomic mass is 32.2. The van der Waals surface area contributed by atoms with E-state index in [4.69, 9.17) is 5.73 Å². The third kappa shape index (κ3) is 10.0. The summed E-state index contributed by atoms with van der Waals surface area (Å²) in [5.74, 6) is -3.64. The van der Waals surface area contributed by atoms with Gasteiger partial charge in [0.25, 0.3) is 5.91 Å². The number of sulfone groups is 1. The first kappa shape index (κ1) is 38.0. The summed E-state index contributed by atoms with van der Waals surface area (Å²) < 4.78 is 26.2. The van der Waals surface area contributed by atoms with Gasteiger partial charge < -0.3 is 26.6 Å². The van der Waals surface area contributed by atoms with Crippen LogP contribution in [0.5, 0.6) is 0 Å². The molecule has 3 unspecified atom stereocenters. The average Bonchev–Trinajstić information content (AvgIpc) is 3.66. The number of ketones is 1. The van der Waals surface area contributed by atoms with Gasteiger partial charge in [-0.25, -0.2) is 13.2 Å². The molecule has 3 rings (SSSR count). The summed E-state index contributed by atoms with van der Waals surface area (Å²) in [6, 6.07) is 3.43. The maximum absolute atomic E-state index is 14.3. The number of hydrogen-bond acceptors (Lipinski definition) is 7. The summed E-state index contributed by atoms with van der Waals surface area (Å²) in [5.41, 5.74) is 4.11. The lowest BCUT2D eigenvalue weighted by atomic mass is 9.75. The van der Waals surface area contributed by atoms with Crippen LogP contribution in [-0.4, -0.2) is 79.3 Å². The number of nitrogens with one attached hydrogen (secondary N) is 3. The zero-order valence-electron chi connectivity index (χ0n) is 29.0. The molecule has 1 aliphatic carbocycles. The molecule has 1 aromatic carbocycles. The van der Waals surface area contributed by atoms with Crippen LogP contribution in [0.25, 0.3) is 0 Å². The summed E-state index contributed by atoms with van der Waals surface area (Å²) >= 11 is 0. The number of carbonyl (C=O) groups excluding carboxylic acids is 5. The minimum Gasteiger partial charge on any atom is -0.363 e. The van der Waals surface area contributed by atoms with Crippen molar-refractivity contribution in [1.29, 1.82) is 0 Å². The Balaban J connectivity index is 1.85. The second-order valence-corrected chi connectivity index (χ2v) is 17.6. The van der Waals surface area contributed by atoms with Crippen molar-refractivity contribution in [3.8, 4) is 0 Å². The quantitative estimate of drug-likeness (QED) is 0.232. The Kier molecular flexibility index (Phi) is 11.9. The summed E-state index contributed by atoms with van der Waals surface area (Å²) in [6.07, 6.45) is 2.61. The van der Waals surface area contributed by atoms with E-state index in [1.807, 2.05) is 20.8 Å². The molecule has 0 radical (unpaired) electrons. The molecule has 47 heavy (non-hydrogen) atoms. The Morgan fingerprint density at radius 3 is 2.00 bits per heavy atom. The number of nitrogens with two attached hydrogens (primary N) is 1. The monoisotopic (exact) mass is 675 g/mol. The Morgan fingerprint density at radius 2 is 1.51 bits per heavy atom. The molecule has 5 N–H and O–H groups in total. The number of carbonyl (C=O) groups is 5. The van der Waals surface area contributed by atoms with Crippen LogP contribution in [0.15, 0.2) is 35.2 Å². The van der Waals surface area contributed by atoms with E-state index in [1.165, 1.54) is 17.0 Å². The number of likely N-dealkylation sites (tertiary alicyclic amines) is 1. The van der Waals surface area contributed by atoms with Gasteiger partial charge in [0.2, 0.25) is 17.6 Å². The molecule has 2 fully saturated rings. The van der Waals surface area contributed by atoms with Gasteiger partial charge in [0.1, 0.15) is 12.1 Å². The molecule has 12 nitrogen and oxygen atoms in total. The summed E-state index contributed by atoms with van der Waals surface area (Å²) in [7, 11) is -3.71. The Morgan fingerprint density at radius 1 is 0.915 bits per heavy atom. The lowest BCUT2D eigenvalue weighted by molar-refractivity contribution is -0.145. The summed E-state index contributed by atoms with van der Waals surface area (Å²) in [4.78, 5) is 67.8. The van der Waals surface area contributed by atoms with E-state index in [1.54, 1.807) is 52.8 Å². The molecule has 13 heteroatoms. The van der Waals surface area contributed by atoms with E-state index < -0.39 is 74.4 Å². The number of urea groups is 1. The van der Waals surface area contributed by atoms with Crippen molar-refractivity contribution < 1.29 is 32.4 Å². The van der Waals surface area contributed by atoms with Crippen molar-refractivity contribution in [3.63, 3.8) is 0 Å². The predicted molar refractivity (Wildman–Crippen MR) is 179 cm³/mol. The van der Waals surface area contributed by atoms with E-state index in [0.717, 1.165) is 12.8 Å². The van der Waals surface area contributed by atoms with Crippen LogP contribution >= 0.6 is 0 Å². The number of primary amides is 1. The van der Waals surface area contributed by atoms with Crippen LogP contribution in [0.3, 0.4) is 0 Å². The zero-order valence-corrected chi connectivity index (χ0v) is 29.8. The molecule has 0 spiro atoms. The van der Waals surface area contributed by atoms with Crippen LogP contribution in [0.1, 0.15) is 81.1 Å². The maximum atomic E-state index is 14.3. The first-order valence-electron chi connectivity index (χ1n) is 16.4. The fourth-order valence-corrected chi connectivity index (χ4v) is 7.84. The minimum atomic E-state index is -3.71. The van der Waals surface area contributed by atoms with Crippen molar-refractivity contribution in [3.05, 3.63) is 30.3 Å². The Hall–Kier alpha value is -3.48. The summed E-state index contributed by atoms with van der Waals surface area (Å²) in [5, 5.41) is 8.30. The predicted octanol–water partition coefficient (Wildman–Crippen LogP) is 2.80. The second-order valence-electron chi connectivity index (χ2n) is 15.6. The molecule has 5 atom stereocenters. The highest BCUT2D eigenvalue weighted by molar-refractivity contribution is 7.91. The molecule has 262 valence electrons. The molecular weight excluding hydrogens is 622 g/mol. The van der Waals surface area contributed by atoms with Crippen LogP contribution < -0.4 is 21.7 Å².